The Labute approximate surface area is 128 Å². The zero-order chi connectivity index (χ0) is 14.4. The van der Waals surface area contributed by atoms with Gasteiger partial charge in [-0.15, -0.1) is 0 Å². The van der Waals surface area contributed by atoms with Gasteiger partial charge >= 0.3 is 0 Å². The zero-order valence-corrected chi connectivity index (χ0v) is 13.0. The molecule has 0 aromatic heterocycles. The van der Waals surface area contributed by atoms with Crippen molar-refractivity contribution in [1.29, 1.82) is 5.26 Å². The van der Waals surface area contributed by atoms with E-state index >= 15 is 0 Å². The van der Waals surface area contributed by atoms with Crippen molar-refractivity contribution < 1.29 is 0 Å². The molecule has 0 amide bonds. The van der Waals surface area contributed by atoms with E-state index in [9.17, 15) is 0 Å². The molecule has 0 saturated heterocycles. The third-order valence-electron chi connectivity index (χ3n) is 3.19. The van der Waals surface area contributed by atoms with Crippen LogP contribution in [0.5, 0.6) is 0 Å². The molecular formula is C17H17BrN2. The lowest BCUT2D eigenvalue weighted by atomic mass is 10.1. The van der Waals surface area contributed by atoms with Gasteiger partial charge in [0.15, 0.2) is 0 Å². The van der Waals surface area contributed by atoms with Gasteiger partial charge in [0, 0.05) is 17.1 Å². The number of nitrogens with zero attached hydrogens (tertiary/aromatic N) is 1. The third-order valence-corrected chi connectivity index (χ3v) is 3.72. The molecule has 2 aromatic carbocycles. The second-order valence-corrected chi connectivity index (χ2v) is 5.84. The van der Waals surface area contributed by atoms with E-state index < -0.39 is 0 Å². The van der Waals surface area contributed by atoms with E-state index in [-0.39, 0.29) is 0 Å². The summed E-state index contributed by atoms with van der Waals surface area (Å²) in [5.74, 6) is 0. The highest BCUT2D eigenvalue weighted by Gasteiger charge is 2.03. The van der Waals surface area contributed by atoms with Crippen molar-refractivity contribution in [3.63, 3.8) is 0 Å². The fourth-order valence-electron chi connectivity index (χ4n) is 2.04. The fraction of sp³-hybridized carbons (Fsp3) is 0.235. The molecule has 3 heteroatoms. The van der Waals surface area contributed by atoms with Gasteiger partial charge in [-0.05, 0) is 48.7 Å². The minimum absolute atomic E-state index is 0.409. The van der Waals surface area contributed by atoms with Gasteiger partial charge in [-0.1, -0.05) is 40.2 Å². The highest BCUT2D eigenvalue weighted by molar-refractivity contribution is 9.10. The fourth-order valence-corrected chi connectivity index (χ4v) is 2.30. The van der Waals surface area contributed by atoms with Crippen molar-refractivity contribution in [3.05, 3.63) is 69.7 Å². The van der Waals surface area contributed by atoms with E-state index in [0.29, 0.717) is 11.6 Å². The lowest BCUT2D eigenvalue weighted by Crippen LogP contribution is -2.27. The van der Waals surface area contributed by atoms with Crippen LogP contribution in [0.1, 0.15) is 23.6 Å². The quantitative estimate of drug-likeness (QED) is 0.899. The summed E-state index contributed by atoms with van der Waals surface area (Å²) < 4.78 is 1.11. The standard InChI is InChI=1S/C17H17BrN2/c1-13(10-14-6-8-17(18)9-7-14)20-12-16-4-2-15(11-19)3-5-16/h2-9,13,20H,10,12H2,1H3. The van der Waals surface area contributed by atoms with Crippen LogP contribution in [0.3, 0.4) is 0 Å². The van der Waals surface area contributed by atoms with E-state index in [0.717, 1.165) is 17.4 Å². The summed E-state index contributed by atoms with van der Waals surface area (Å²) in [5, 5.41) is 12.3. The Morgan fingerprint density at radius 3 is 2.25 bits per heavy atom. The number of benzene rings is 2. The molecule has 2 nitrogen and oxygen atoms in total. The van der Waals surface area contributed by atoms with Crippen LogP contribution in [0.4, 0.5) is 0 Å². The highest BCUT2D eigenvalue weighted by Crippen LogP contribution is 2.12. The Balaban J connectivity index is 1.83. The maximum Gasteiger partial charge on any atom is 0.0991 e. The third kappa shape index (κ3) is 4.48. The molecule has 1 atom stereocenters. The summed E-state index contributed by atoms with van der Waals surface area (Å²) in [5.41, 5.74) is 3.23. The normalized spacial score (nSPS) is 11.8. The molecule has 20 heavy (non-hydrogen) atoms. The van der Waals surface area contributed by atoms with Gasteiger partial charge in [0.1, 0.15) is 0 Å². The van der Waals surface area contributed by atoms with E-state index in [1.165, 1.54) is 11.1 Å². The van der Waals surface area contributed by atoms with Crippen LogP contribution in [-0.2, 0) is 13.0 Å². The largest absolute Gasteiger partial charge is 0.310 e. The van der Waals surface area contributed by atoms with Gasteiger partial charge in [-0.3, -0.25) is 0 Å². The molecule has 0 aliphatic carbocycles. The van der Waals surface area contributed by atoms with E-state index in [2.05, 4.69) is 58.5 Å². The van der Waals surface area contributed by atoms with Gasteiger partial charge in [0.25, 0.3) is 0 Å². The number of rotatable bonds is 5. The Kier molecular flexibility index (Phi) is 5.34. The van der Waals surface area contributed by atoms with Crippen molar-refractivity contribution >= 4 is 15.9 Å². The monoisotopic (exact) mass is 328 g/mol. The van der Waals surface area contributed by atoms with Crippen molar-refractivity contribution in [2.45, 2.75) is 25.9 Å². The molecule has 1 unspecified atom stereocenters. The summed E-state index contributed by atoms with van der Waals surface area (Å²) in [6, 6.07) is 18.7. The molecule has 102 valence electrons. The summed E-state index contributed by atoms with van der Waals surface area (Å²) in [6.07, 6.45) is 1.00. The maximum atomic E-state index is 8.76. The van der Waals surface area contributed by atoms with Crippen molar-refractivity contribution in [2.24, 2.45) is 0 Å². The van der Waals surface area contributed by atoms with Gasteiger partial charge in [-0.25, -0.2) is 0 Å². The predicted octanol–water partition coefficient (Wildman–Crippen LogP) is 4.04. The molecule has 0 heterocycles. The first kappa shape index (κ1) is 14.8. The maximum absolute atomic E-state index is 8.76. The van der Waals surface area contributed by atoms with Crippen LogP contribution in [0, 0.1) is 11.3 Å². The molecule has 0 aliphatic heterocycles. The van der Waals surface area contributed by atoms with Gasteiger partial charge in [0.05, 0.1) is 11.6 Å². The second-order valence-electron chi connectivity index (χ2n) is 4.92. The average molecular weight is 329 g/mol. The summed E-state index contributed by atoms with van der Waals surface area (Å²) >= 11 is 3.45. The summed E-state index contributed by atoms with van der Waals surface area (Å²) in [7, 11) is 0. The van der Waals surface area contributed by atoms with Crippen LogP contribution in [-0.4, -0.2) is 6.04 Å². The molecule has 2 rings (SSSR count). The van der Waals surface area contributed by atoms with Crippen LogP contribution >= 0.6 is 15.9 Å². The van der Waals surface area contributed by atoms with Crippen LogP contribution < -0.4 is 5.32 Å². The van der Waals surface area contributed by atoms with Crippen molar-refractivity contribution in [3.8, 4) is 6.07 Å². The molecule has 0 fully saturated rings. The highest BCUT2D eigenvalue weighted by atomic mass is 79.9. The SMILES string of the molecule is CC(Cc1ccc(Br)cc1)NCc1ccc(C#N)cc1. The Bertz CT molecular complexity index is 582. The number of hydrogen-bond donors (Lipinski definition) is 1. The molecule has 0 saturated carbocycles. The predicted molar refractivity (Wildman–Crippen MR) is 85.3 cm³/mol. The molecule has 0 bridgehead atoms. The van der Waals surface area contributed by atoms with E-state index in [1.807, 2.05) is 24.3 Å². The molecule has 0 radical (unpaired) electrons. The lowest BCUT2D eigenvalue weighted by Gasteiger charge is -2.14. The molecular weight excluding hydrogens is 312 g/mol. The minimum Gasteiger partial charge on any atom is -0.310 e. The molecule has 1 N–H and O–H groups in total. The van der Waals surface area contributed by atoms with Gasteiger partial charge in [-0.2, -0.15) is 5.26 Å². The second kappa shape index (κ2) is 7.23. The van der Waals surface area contributed by atoms with Gasteiger partial charge in [0.2, 0.25) is 0 Å². The Hall–Kier alpha value is -1.63. The Morgan fingerprint density at radius 2 is 1.65 bits per heavy atom. The Morgan fingerprint density at radius 1 is 1.05 bits per heavy atom. The lowest BCUT2D eigenvalue weighted by molar-refractivity contribution is 0.545. The zero-order valence-electron chi connectivity index (χ0n) is 11.4. The molecule has 0 aliphatic rings. The molecule has 0 spiro atoms. The van der Waals surface area contributed by atoms with Crippen molar-refractivity contribution in [1.82, 2.24) is 5.32 Å². The van der Waals surface area contributed by atoms with E-state index in [1.54, 1.807) is 0 Å². The van der Waals surface area contributed by atoms with Crippen molar-refractivity contribution in [2.75, 3.05) is 0 Å². The van der Waals surface area contributed by atoms with Crippen LogP contribution in [0.15, 0.2) is 53.0 Å². The average Bonchev–Trinajstić information content (AvgIpc) is 2.48. The van der Waals surface area contributed by atoms with Crippen LogP contribution in [0.2, 0.25) is 0 Å². The number of nitrogens with one attached hydrogen (secondary N) is 1. The van der Waals surface area contributed by atoms with Crippen LogP contribution in [0.25, 0.3) is 0 Å². The number of nitriles is 1. The molecule has 2 aromatic rings. The first-order valence-electron chi connectivity index (χ1n) is 6.64. The summed E-state index contributed by atoms with van der Waals surface area (Å²) in [4.78, 5) is 0. The first-order valence-corrected chi connectivity index (χ1v) is 7.43. The first-order chi connectivity index (χ1) is 9.67. The number of hydrogen-bond acceptors (Lipinski definition) is 2. The summed E-state index contributed by atoms with van der Waals surface area (Å²) in [6.45, 7) is 3.01. The topological polar surface area (TPSA) is 35.8 Å². The smallest absolute Gasteiger partial charge is 0.0991 e. The minimum atomic E-state index is 0.409. The van der Waals surface area contributed by atoms with Gasteiger partial charge < -0.3 is 5.32 Å². The van der Waals surface area contributed by atoms with E-state index in [4.69, 9.17) is 5.26 Å². The number of halogens is 1.